The largest absolute Gasteiger partial charge is 0.464 e. The van der Waals surface area contributed by atoms with Crippen LogP contribution in [0.5, 0.6) is 6.01 Å². The molecule has 0 bridgehead atoms. The lowest BCUT2D eigenvalue weighted by Crippen LogP contribution is -2.43. The lowest BCUT2D eigenvalue weighted by Gasteiger charge is -2.20. The molecule has 1 aromatic heterocycles. The van der Waals surface area contributed by atoms with Gasteiger partial charge in [0, 0.05) is 5.54 Å². The summed E-state index contributed by atoms with van der Waals surface area (Å²) in [4.78, 5) is 23.2. The number of ether oxygens (including phenoxy) is 1. The first kappa shape index (κ1) is 15.4. The van der Waals surface area contributed by atoms with Gasteiger partial charge in [-0.2, -0.15) is 15.0 Å². The van der Waals surface area contributed by atoms with E-state index in [1.165, 1.54) is 0 Å². The average molecular weight is 288 g/mol. The normalized spacial score (nSPS) is 11.0. The van der Waals surface area contributed by atoms with E-state index in [9.17, 15) is 4.79 Å². The molecule has 0 unspecified atom stereocenters. The van der Waals surface area contributed by atoms with Crippen LogP contribution in [0.15, 0.2) is 0 Å². The molecule has 7 nitrogen and oxygen atoms in total. The molecule has 0 aliphatic heterocycles. The Bertz CT molecular complexity index is 447. The van der Waals surface area contributed by atoms with Gasteiger partial charge in [0.15, 0.2) is 0 Å². The van der Waals surface area contributed by atoms with Crippen molar-refractivity contribution >= 4 is 23.5 Å². The number of carbonyl (C=O) groups is 1. The minimum atomic E-state index is -0.286. The molecule has 1 heterocycles. The highest BCUT2D eigenvalue weighted by Gasteiger charge is 2.14. The van der Waals surface area contributed by atoms with Crippen LogP contribution in [-0.2, 0) is 4.79 Å². The highest BCUT2D eigenvalue weighted by Crippen LogP contribution is 2.11. The summed E-state index contributed by atoms with van der Waals surface area (Å²) in [5, 5.41) is 5.59. The summed E-state index contributed by atoms with van der Waals surface area (Å²) >= 11 is 5.72. The molecule has 0 aliphatic carbocycles. The first-order valence-electron chi connectivity index (χ1n) is 5.89. The molecule has 0 radical (unpaired) electrons. The Balaban J connectivity index is 2.60. The van der Waals surface area contributed by atoms with Gasteiger partial charge < -0.3 is 15.4 Å². The molecular formula is C11H18ClN5O2. The first-order valence-corrected chi connectivity index (χ1v) is 6.27. The van der Waals surface area contributed by atoms with Gasteiger partial charge in [-0.05, 0) is 39.3 Å². The molecule has 0 aliphatic rings. The molecule has 0 aromatic carbocycles. The van der Waals surface area contributed by atoms with Gasteiger partial charge >= 0.3 is 6.01 Å². The molecule has 1 aromatic rings. The van der Waals surface area contributed by atoms with Crippen molar-refractivity contribution in [3.05, 3.63) is 5.28 Å². The smallest absolute Gasteiger partial charge is 0.322 e. The van der Waals surface area contributed by atoms with Crippen LogP contribution >= 0.6 is 11.6 Å². The third-order valence-electron chi connectivity index (χ3n) is 1.78. The van der Waals surface area contributed by atoms with Crippen molar-refractivity contribution in [2.75, 3.05) is 18.5 Å². The Kier molecular flexibility index (Phi) is 5.29. The number of nitrogens with zero attached hydrogens (tertiary/aromatic N) is 3. The van der Waals surface area contributed by atoms with Gasteiger partial charge in [0.2, 0.25) is 17.1 Å². The van der Waals surface area contributed by atoms with E-state index in [-0.39, 0.29) is 35.2 Å². The van der Waals surface area contributed by atoms with Gasteiger partial charge in [0.1, 0.15) is 0 Å². The fourth-order valence-corrected chi connectivity index (χ4v) is 1.38. The SMILES string of the molecule is CCOc1nc(Cl)nc(NCC(=O)NC(C)(C)C)n1. The second-order valence-corrected chi connectivity index (χ2v) is 5.13. The number of rotatable bonds is 5. The van der Waals surface area contributed by atoms with Crippen LogP contribution in [0.25, 0.3) is 0 Å². The van der Waals surface area contributed by atoms with E-state index in [4.69, 9.17) is 16.3 Å². The molecule has 1 amide bonds. The molecule has 0 spiro atoms. The fourth-order valence-electron chi connectivity index (χ4n) is 1.23. The second-order valence-electron chi connectivity index (χ2n) is 4.80. The van der Waals surface area contributed by atoms with E-state index >= 15 is 0 Å². The van der Waals surface area contributed by atoms with Gasteiger partial charge in [0.25, 0.3) is 0 Å². The summed E-state index contributed by atoms with van der Waals surface area (Å²) in [5.74, 6) is 0.0366. The standard InChI is InChI=1S/C11H18ClN5O2/c1-5-19-10-15-8(12)14-9(16-10)13-6-7(18)17-11(2,3)4/h5-6H2,1-4H3,(H,17,18)(H,13,14,15,16). The summed E-state index contributed by atoms with van der Waals surface area (Å²) in [6.45, 7) is 7.97. The Labute approximate surface area is 117 Å². The summed E-state index contributed by atoms with van der Waals surface area (Å²) in [6, 6.07) is 0.126. The molecule has 1 rings (SSSR count). The maximum atomic E-state index is 11.6. The lowest BCUT2D eigenvalue weighted by molar-refractivity contribution is -0.120. The average Bonchev–Trinajstić information content (AvgIpc) is 2.24. The molecule has 19 heavy (non-hydrogen) atoms. The van der Waals surface area contributed by atoms with Gasteiger partial charge in [0.05, 0.1) is 13.2 Å². The van der Waals surface area contributed by atoms with E-state index in [1.54, 1.807) is 0 Å². The number of nitrogens with one attached hydrogen (secondary N) is 2. The van der Waals surface area contributed by atoms with Crippen LogP contribution in [0.1, 0.15) is 27.7 Å². The summed E-state index contributed by atoms with van der Waals surface area (Å²) in [6.07, 6.45) is 0. The van der Waals surface area contributed by atoms with Crippen molar-refractivity contribution in [2.24, 2.45) is 0 Å². The van der Waals surface area contributed by atoms with Gasteiger partial charge in [-0.25, -0.2) is 0 Å². The maximum absolute atomic E-state index is 11.6. The van der Waals surface area contributed by atoms with Crippen LogP contribution in [0.3, 0.4) is 0 Å². The van der Waals surface area contributed by atoms with Crippen LogP contribution < -0.4 is 15.4 Å². The molecular weight excluding hydrogens is 270 g/mol. The second kappa shape index (κ2) is 6.51. The molecule has 2 N–H and O–H groups in total. The number of halogens is 1. The van der Waals surface area contributed by atoms with Crippen LogP contribution in [0.2, 0.25) is 5.28 Å². The van der Waals surface area contributed by atoms with Crippen molar-refractivity contribution in [3.8, 4) is 6.01 Å². The number of carbonyl (C=O) groups excluding carboxylic acids is 1. The number of aromatic nitrogens is 3. The minimum Gasteiger partial charge on any atom is -0.464 e. The van der Waals surface area contributed by atoms with E-state index in [0.29, 0.717) is 6.61 Å². The van der Waals surface area contributed by atoms with E-state index in [2.05, 4.69) is 25.6 Å². The molecule has 8 heteroatoms. The quantitative estimate of drug-likeness (QED) is 0.847. The minimum absolute atomic E-state index is 0.0113. The fraction of sp³-hybridized carbons (Fsp3) is 0.636. The zero-order valence-electron chi connectivity index (χ0n) is 11.5. The number of amides is 1. The van der Waals surface area contributed by atoms with Crippen molar-refractivity contribution in [3.63, 3.8) is 0 Å². The first-order chi connectivity index (χ1) is 8.80. The predicted molar refractivity (Wildman–Crippen MR) is 72.4 cm³/mol. The van der Waals surface area contributed by atoms with E-state index < -0.39 is 0 Å². The van der Waals surface area contributed by atoms with Gasteiger partial charge in [-0.3, -0.25) is 4.79 Å². The topological polar surface area (TPSA) is 89.0 Å². The number of anilines is 1. The van der Waals surface area contributed by atoms with Gasteiger partial charge in [-0.1, -0.05) is 0 Å². The zero-order chi connectivity index (χ0) is 14.5. The van der Waals surface area contributed by atoms with Crippen LogP contribution in [-0.4, -0.2) is 39.5 Å². The summed E-state index contributed by atoms with van der Waals surface area (Å²) < 4.78 is 5.13. The van der Waals surface area contributed by atoms with Crippen molar-refractivity contribution in [1.29, 1.82) is 0 Å². The predicted octanol–water partition coefficient (Wildman–Crippen LogP) is 1.25. The monoisotopic (exact) mass is 287 g/mol. The van der Waals surface area contributed by atoms with Crippen LogP contribution in [0.4, 0.5) is 5.95 Å². The van der Waals surface area contributed by atoms with Crippen molar-refractivity contribution in [1.82, 2.24) is 20.3 Å². The number of hydrogen-bond acceptors (Lipinski definition) is 6. The Morgan fingerprint density at radius 3 is 2.58 bits per heavy atom. The molecule has 0 atom stereocenters. The third-order valence-corrected chi connectivity index (χ3v) is 1.95. The molecule has 0 fully saturated rings. The maximum Gasteiger partial charge on any atom is 0.322 e. The zero-order valence-corrected chi connectivity index (χ0v) is 12.2. The molecule has 0 saturated carbocycles. The van der Waals surface area contributed by atoms with Crippen molar-refractivity contribution in [2.45, 2.75) is 33.2 Å². The Morgan fingerprint density at radius 1 is 1.32 bits per heavy atom. The van der Waals surface area contributed by atoms with Crippen molar-refractivity contribution < 1.29 is 9.53 Å². The van der Waals surface area contributed by atoms with E-state index in [0.717, 1.165) is 0 Å². The molecule has 106 valence electrons. The lowest BCUT2D eigenvalue weighted by atomic mass is 10.1. The molecule has 0 saturated heterocycles. The highest BCUT2D eigenvalue weighted by molar-refractivity contribution is 6.28. The Hall–Kier alpha value is -1.63. The van der Waals surface area contributed by atoms with Gasteiger partial charge in [-0.15, -0.1) is 0 Å². The Morgan fingerprint density at radius 2 is 2.00 bits per heavy atom. The number of hydrogen-bond donors (Lipinski definition) is 2. The van der Waals surface area contributed by atoms with Crippen LogP contribution in [0, 0.1) is 0 Å². The summed E-state index contributed by atoms with van der Waals surface area (Å²) in [7, 11) is 0. The highest BCUT2D eigenvalue weighted by atomic mass is 35.5. The third kappa shape index (κ3) is 6.19. The van der Waals surface area contributed by atoms with E-state index in [1.807, 2.05) is 27.7 Å². The summed E-state index contributed by atoms with van der Waals surface area (Å²) in [5.41, 5.74) is -0.286.